The third kappa shape index (κ3) is 2.83. The van der Waals surface area contributed by atoms with E-state index in [1.54, 1.807) is 0 Å². The van der Waals surface area contributed by atoms with Crippen LogP contribution in [0, 0.1) is 0 Å². The molecule has 12 heavy (non-hydrogen) atoms. The Hall–Kier alpha value is -0.540. The molecule has 1 rings (SSSR count). The van der Waals surface area contributed by atoms with Crippen molar-refractivity contribution in [2.75, 3.05) is 39.8 Å². The summed E-state index contributed by atoms with van der Waals surface area (Å²) in [5, 5.41) is 6.46. The Labute approximate surface area is 74.8 Å². The number of hydrogen-bond acceptors (Lipinski definition) is 3. The molecule has 70 valence electrons. The van der Waals surface area contributed by atoms with E-state index in [4.69, 9.17) is 0 Å². The topological polar surface area (TPSA) is 27.3 Å². The molecule has 0 radical (unpaired) electrons. The molecule has 1 fully saturated rings. The van der Waals surface area contributed by atoms with E-state index in [1.165, 1.54) is 5.70 Å². The highest BCUT2D eigenvalue weighted by molar-refractivity contribution is 4.96. The van der Waals surface area contributed by atoms with Crippen LogP contribution in [0.2, 0.25) is 0 Å². The van der Waals surface area contributed by atoms with Gasteiger partial charge in [0.25, 0.3) is 0 Å². The zero-order chi connectivity index (χ0) is 8.81. The fraction of sp³-hybridized carbons (Fsp3) is 0.778. The average Bonchev–Trinajstić information content (AvgIpc) is 2.15. The maximum atomic E-state index is 4.07. The van der Waals surface area contributed by atoms with Crippen molar-refractivity contribution in [3.05, 3.63) is 12.3 Å². The largest absolute Gasteiger partial charge is 0.373 e. The van der Waals surface area contributed by atoms with E-state index in [0.717, 1.165) is 39.1 Å². The van der Waals surface area contributed by atoms with Gasteiger partial charge in [-0.2, -0.15) is 0 Å². The van der Waals surface area contributed by atoms with Gasteiger partial charge in [0.15, 0.2) is 0 Å². The summed E-state index contributed by atoms with van der Waals surface area (Å²) >= 11 is 0. The van der Waals surface area contributed by atoms with E-state index in [1.807, 2.05) is 7.05 Å². The van der Waals surface area contributed by atoms with E-state index < -0.39 is 0 Å². The summed E-state index contributed by atoms with van der Waals surface area (Å²) < 4.78 is 0. The molecule has 0 aromatic heterocycles. The lowest BCUT2D eigenvalue weighted by molar-refractivity contribution is 0.291. The highest BCUT2D eigenvalue weighted by Gasteiger charge is 2.09. The fourth-order valence-electron chi connectivity index (χ4n) is 1.41. The zero-order valence-electron chi connectivity index (χ0n) is 7.90. The van der Waals surface area contributed by atoms with Gasteiger partial charge in [-0.3, -0.25) is 0 Å². The molecule has 0 aliphatic carbocycles. The Morgan fingerprint density at radius 3 is 2.75 bits per heavy atom. The molecule has 3 nitrogen and oxygen atoms in total. The molecular formula is C9H19N3. The van der Waals surface area contributed by atoms with Crippen LogP contribution in [0.1, 0.15) is 6.42 Å². The molecule has 2 N–H and O–H groups in total. The van der Waals surface area contributed by atoms with Crippen molar-refractivity contribution >= 4 is 0 Å². The molecule has 0 saturated carbocycles. The van der Waals surface area contributed by atoms with Crippen molar-refractivity contribution in [1.82, 2.24) is 15.5 Å². The minimum absolute atomic E-state index is 1.03. The Morgan fingerprint density at radius 1 is 1.50 bits per heavy atom. The highest BCUT2D eigenvalue weighted by Crippen LogP contribution is 2.06. The van der Waals surface area contributed by atoms with E-state index in [2.05, 4.69) is 22.1 Å². The Balaban J connectivity index is 2.20. The molecule has 1 saturated heterocycles. The maximum absolute atomic E-state index is 4.07. The summed E-state index contributed by atoms with van der Waals surface area (Å²) in [4.78, 5) is 2.37. The molecule has 0 aromatic carbocycles. The van der Waals surface area contributed by atoms with E-state index in [0.29, 0.717) is 0 Å². The minimum atomic E-state index is 1.03. The van der Waals surface area contributed by atoms with Crippen LogP contribution in [0.25, 0.3) is 0 Å². The van der Waals surface area contributed by atoms with Crippen molar-refractivity contribution in [3.63, 3.8) is 0 Å². The first-order chi connectivity index (χ1) is 5.84. The Kier molecular flexibility index (Phi) is 4.11. The van der Waals surface area contributed by atoms with Crippen molar-refractivity contribution in [3.8, 4) is 0 Å². The van der Waals surface area contributed by atoms with Crippen molar-refractivity contribution < 1.29 is 0 Å². The van der Waals surface area contributed by atoms with Gasteiger partial charge in [0.2, 0.25) is 0 Å². The molecule has 3 heteroatoms. The van der Waals surface area contributed by atoms with Gasteiger partial charge in [0.1, 0.15) is 0 Å². The molecule has 1 heterocycles. The quantitative estimate of drug-likeness (QED) is 0.621. The molecular weight excluding hydrogens is 150 g/mol. The lowest BCUT2D eigenvalue weighted by Gasteiger charge is -2.31. The highest BCUT2D eigenvalue weighted by atomic mass is 15.2. The fourth-order valence-corrected chi connectivity index (χ4v) is 1.41. The van der Waals surface area contributed by atoms with Crippen LogP contribution in [0.4, 0.5) is 0 Å². The van der Waals surface area contributed by atoms with Crippen molar-refractivity contribution in [2.45, 2.75) is 6.42 Å². The second-order valence-electron chi connectivity index (χ2n) is 3.16. The molecule has 1 aliphatic heterocycles. The van der Waals surface area contributed by atoms with Crippen LogP contribution >= 0.6 is 0 Å². The monoisotopic (exact) mass is 169 g/mol. The van der Waals surface area contributed by atoms with Crippen LogP contribution in [0.15, 0.2) is 12.3 Å². The summed E-state index contributed by atoms with van der Waals surface area (Å²) in [6.45, 7) is 9.52. The van der Waals surface area contributed by atoms with Gasteiger partial charge in [0, 0.05) is 38.4 Å². The molecule has 0 aromatic rings. The van der Waals surface area contributed by atoms with Gasteiger partial charge < -0.3 is 15.5 Å². The van der Waals surface area contributed by atoms with Crippen LogP contribution < -0.4 is 10.6 Å². The maximum Gasteiger partial charge on any atom is 0.0300 e. The second kappa shape index (κ2) is 5.17. The SMILES string of the molecule is C=C(CCNC)N1CCNCC1. The first-order valence-corrected chi connectivity index (χ1v) is 4.62. The first kappa shape index (κ1) is 9.55. The van der Waals surface area contributed by atoms with Crippen LogP contribution in [0.3, 0.4) is 0 Å². The minimum Gasteiger partial charge on any atom is -0.373 e. The number of nitrogens with one attached hydrogen (secondary N) is 2. The second-order valence-corrected chi connectivity index (χ2v) is 3.16. The van der Waals surface area contributed by atoms with Crippen molar-refractivity contribution in [1.29, 1.82) is 0 Å². The van der Waals surface area contributed by atoms with E-state index in [9.17, 15) is 0 Å². The van der Waals surface area contributed by atoms with Gasteiger partial charge in [-0.05, 0) is 13.5 Å². The third-order valence-electron chi connectivity index (χ3n) is 2.23. The summed E-state index contributed by atoms with van der Waals surface area (Å²) in [6.07, 6.45) is 1.07. The van der Waals surface area contributed by atoms with E-state index >= 15 is 0 Å². The number of rotatable bonds is 4. The average molecular weight is 169 g/mol. The summed E-state index contributed by atoms with van der Waals surface area (Å²) in [5.41, 5.74) is 1.27. The molecule has 0 unspecified atom stereocenters. The number of piperazine rings is 1. The Morgan fingerprint density at radius 2 is 2.17 bits per heavy atom. The normalized spacial score (nSPS) is 17.9. The predicted octanol–water partition coefficient (Wildman–Crippen LogP) is 0.0148. The van der Waals surface area contributed by atoms with Gasteiger partial charge in [-0.1, -0.05) is 6.58 Å². The van der Waals surface area contributed by atoms with Crippen LogP contribution in [-0.2, 0) is 0 Å². The third-order valence-corrected chi connectivity index (χ3v) is 2.23. The zero-order valence-corrected chi connectivity index (χ0v) is 7.90. The lowest BCUT2D eigenvalue weighted by Crippen LogP contribution is -2.42. The van der Waals surface area contributed by atoms with Crippen molar-refractivity contribution in [2.24, 2.45) is 0 Å². The molecule has 0 spiro atoms. The molecule has 0 atom stereocenters. The molecule has 0 bridgehead atoms. The lowest BCUT2D eigenvalue weighted by atomic mass is 10.2. The molecule has 0 amide bonds. The summed E-state index contributed by atoms with van der Waals surface area (Å²) in [6, 6.07) is 0. The van der Waals surface area contributed by atoms with Gasteiger partial charge >= 0.3 is 0 Å². The van der Waals surface area contributed by atoms with Gasteiger partial charge in [-0.25, -0.2) is 0 Å². The summed E-state index contributed by atoms with van der Waals surface area (Å²) in [7, 11) is 1.98. The number of hydrogen-bond donors (Lipinski definition) is 2. The predicted molar refractivity (Wildman–Crippen MR) is 52.1 cm³/mol. The first-order valence-electron chi connectivity index (χ1n) is 4.62. The molecule has 1 aliphatic rings. The van der Waals surface area contributed by atoms with Gasteiger partial charge in [0.05, 0.1) is 0 Å². The van der Waals surface area contributed by atoms with Gasteiger partial charge in [-0.15, -0.1) is 0 Å². The van der Waals surface area contributed by atoms with Crippen LogP contribution in [-0.4, -0.2) is 44.7 Å². The van der Waals surface area contributed by atoms with Crippen LogP contribution in [0.5, 0.6) is 0 Å². The van der Waals surface area contributed by atoms with E-state index in [-0.39, 0.29) is 0 Å². The number of nitrogens with zero attached hydrogens (tertiary/aromatic N) is 1. The standard InChI is InChI=1S/C9H19N3/c1-9(3-4-10-2)12-7-5-11-6-8-12/h10-11H,1,3-8H2,2H3. The Bertz CT molecular complexity index is 139. The summed E-state index contributed by atoms with van der Waals surface area (Å²) in [5.74, 6) is 0. The smallest absolute Gasteiger partial charge is 0.0300 e.